The van der Waals surface area contributed by atoms with Crippen LogP contribution in [0.2, 0.25) is 0 Å². The molecule has 3 heterocycles. The lowest BCUT2D eigenvalue weighted by atomic mass is 10.1. The fourth-order valence-corrected chi connectivity index (χ4v) is 7.33. The molecule has 0 bridgehead atoms. The van der Waals surface area contributed by atoms with Crippen molar-refractivity contribution in [1.29, 1.82) is 0 Å². The van der Waals surface area contributed by atoms with Crippen molar-refractivity contribution in [3.63, 3.8) is 0 Å². The molecule has 0 amide bonds. The van der Waals surface area contributed by atoms with Gasteiger partial charge in [-0.15, -0.1) is 11.3 Å². The van der Waals surface area contributed by atoms with E-state index in [4.69, 9.17) is 4.99 Å². The van der Waals surface area contributed by atoms with Gasteiger partial charge in [-0.2, -0.15) is 0 Å². The van der Waals surface area contributed by atoms with Crippen molar-refractivity contribution in [2.45, 2.75) is 20.3 Å². The van der Waals surface area contributed by atoms with Crippen LogP contribution in [0.3, 0.4) is 0 Å². The van der Waals surface area contributed by atoms with E-state index in [-0.39, 0.29) is 0 Å². The summed E-state index contributed by atoms with van der Waals surface area (Å²) >= 11 is 1.89. The normalized spacial score (nSPS) is 13.0. The SMILES string of the molecule is CC1=CCC(n2c3ccccc3c3c4sc5ccccc5c4ccc32)=Nc2ccccc21.CN.C\C=C/C=C\C=C\c1ccccc1. The minimum Gasteiger partial charge on any atom is -0.333 e. The minimum absolute atomic E-state index is 0.804. The Bertz CT molecular complexity index is 2310. The number of aromatic nitrogens is 1. The molecule has 3 nitrogen and oxygen atoms in total. The van der Waals surface area contributed by atoms with Crippen LogP contribution in [-0.2, 0) is 0 Å². The van der Waals surface area contributed by atoms with E-state index < -0.39 is 0 Å². The molecule has 4 heteroatoms. The van der Waals surface area contributed by atoms with Crippen molar-refractivity contribution in [1.82, 2.24) is 4.57 Å². The first-order chi connectivity index (χ1) is 23.2. The fraction of sp³-hybridized carbons (Fsp3) is 0.0930. The molecular weight excluding hydrogens is 591 g/mol. The number of nitrogens with zero attached hydrogens (tertiary/aromatic N) is 2. The Kier molecular flexibility index (Phi) is 10.0. The van der Waals surface area contributed by atoms with E-state index in [2.05, 4.69) is 126 Å². The van der Waals surface area contributed by atoms with Crippen molar-refractivity contribution in [2.75, 3.05) is 7.05 Å². The highest BCUT2D eigenvalue weighted by atomic mass is 32.1. The largest absolute Gasteiger partial charge is 0.333 e. The maximum Gasteiger partial charge on any atom is 0.118 e. The van der Waals surface area contributed by atoms with Gasteiger partial charge in [-0.25, -0.2) is 4.99 Å². The number of nitrogens with two attached hydrogens (primary N) is 1. The van der Waals surface area contributed by atoms with Gasteiger partial charge in [-0.1, -0.05) is 134 Å². The van der Waals surface area contributed by atoms with Gasteiger partial charge >= 0.3 is 0 Å². The smallest absolute Gasteiger partial charge is 0.118 e. The summed E-state index contributed by atoms with van der Waals surface area (Å²) in [6, 6.07) is 40.8. The average molecular weight is 630 g/mol. The van der Waals surface area contributed by atoms with Crippen LogP contribution in [-0.4, -0.2) is 17.5 Å². The maximum atomic E-state index is 5.19. The monoisotopic (exact) mass is 629 g/mol. The lowest BCUT2D eigenvalue weighted by Gasteiger charge is -2.09. The van der Waals surface area contributed by atoms with Crippen molar-refractivity contribution in [2.24, 2.45) is 10.7 Å². The number of allylic oxidation sites excluding steroid dienone is 7. The van der Waals surface area contributed by atoms with Crippen LogP contribution in [0.1, 0.15) is 31.4 Å². The lowest BCUT2D eigenvalue weighted by molar-refractivity contribution is 1.19. The molecule has 7 aromatic rings. The molecule has 5 aromatic carbocycles. The van der Waals surface area contributed by atoms with E-state index in [0.717, 1.165) is 17.9 Å². The molecule has 2 N–H and O–H groups in total. The number of aliphatic imine (C=N–C) groups is 1. The zero-order valence-electron chi connectivity index (χ0n) is 27.1. The summed E-state index contributed by atoms with van der Waals surface area (Å²) in [4.78, 5) is 5.19. The summed E-state index contributed by atoms with van der Waals surface area (Å²) in [6.07, 6.45) is 15.3. The van der Waals surface area contributed by atoms with Gasteiger partial charge in [-0.3, -0.25) is 4.57 Å². The highest BCUT2D eigenvalue weighted by molar-refractivity contribution is 7.26. The third-order valence-electron chi connectivity index (χ3n) is 8.22. The molecule has 0 spiro atoms. The Morgan fingerprint density at radius 2 is 1.38 bits per heavy atom. The molecule has 232 valence electrons. The molecule has 1 aliphatic rings. The Morgan fingerprint density at radius 3 is 2.21 bits per heavy atom. The summed E-state index contributed by atoms with van der Waals surface area (Å²) in [5.74, 6) is 1.07. The Morgan fingerprint density at radius 1 is 0.681 bits per heavy atom. The second kappa shape index (κ2) is 14.9. The molecular formula is C43H39N3S. The fourth-order valence-electron chi connectivity index (χ4n) is 6.07. The minimum atomic E-state index is 0.804. The van der Waals surface area contributed by atoms with Crippen molar-refractivity contribution >= 4 is 76.5 Å². The van der Waals surface area contributed by atoms with E-state index in [1.807, 2.05) is 66.8 Å². The number of hydrogen-bond donors (Lipinski definition) is 1. The Labute approximate surface area is 281 Å². The van der Waals surface area contributed by atoms with E-state index in [1.54, 1.807) is 0 Å². The van der Waals surface area contributed by atoms with E-state index in [0.29, 0.717) is 0 Å². The van der Waals surface area contributed by atoms with Gasteiger partial charge in [0.1, 0.15) is 5.84 Å². The average Bonchev–Trinajstić information content (AvgIpc) is 3.62. The third-order valence-corrected chi connectivity index (χ3v) is 9.43. The standard InChI is InChI=1S/C29H20N2S.C13H14.CH5N/c1-18-14-17-27(30-23-11-5-2-8-19(18)23)31-24-12-6-3-10-22(24)28-25(31)16-15-21-20-9-4-7-13-26(20)32-29(21)28;1-2-3-4-5-7-10-13-11-8-6-9-12-13;1-2/h2-16H,17H2,1H3;2-12H,1H3;2H2,1H3/b;3-2-,5-4-,10-7+;. The maximum absolute atomic E-state index is 5.19. The van der Waals surface area contributed by atoms with E-state index >= 15 is 0 Å². The summed E-state index contributed by atoms with van der Waals surface area (Å²) in [5.41, 5.74) is 11.7. The molecule has 47 heavy (non-hydrogen) atoms. The number of thiophene rings is 1. The molecule has 0 unspecified atom stereocenters. The third kappa shape index (κ3) is 6.52. The first-order valence-corrected chi connectivity index (χ1v) is 16.8. The van der Waals surface area contributed by atoms with Gasteiger partial charge in [0.25, 0.3) is 0 Å². The second-order valence-corrected chi connectivity index (χ2v) is 12.2. The van der Waals surface area contributed by atoms with Gasteiger partial charge < -0.3 is 5.73 Å². The number of para-hydroxylation sites is 2. The second-order valence-electron chi connectivity index (χ2n) is 11.1. The number of hydrogen-bond acceptors (Lipinski definition) is 3. The van der Waals surface area contributed by atoms with Crippen molar-refractivity contribution in [3.8, 4) is 0 Å². The number of rotatable bonds is 3. The summed E-state index contributed by atoms with van der Waals surface area (Å²) in [6.45, 7) is 4.19. The summed E-state index contributed by atoms with van der Waals surface area (Å²) in [5, 5.41) is 5.30. The highest BCUT2D eigenvalue weighted by Gasteiger charge is 2.20. The summed E-state index contributed by atoms with van der Waals surface area (Å²) in [7, 11) is 1.50. The summed E-state index contributed by atoms with van der Waals surface area (Å²) < 4.78 is 5.08. The van der Waals surface area contributed by atoms with Gasteiger partial charge in [-0.05, 0) is 56.3 Å². The van der Waals surface area contributed by atoms with E-state index in [9.17, 15) is 0 Å². The Hall–Kier alpha value is -5.29. The van der Waals surface area contributed by atoms with Crippen LogP contribution in [0, 0.1) is 0 Å². The van der Waals surface area contributed by atoms with Crippen molar-refractivity contribution in [3.05, 3.63) is 163 Å². The Balaban J connectivity index is 0.000000218. The van der Waals surface area contributed by atoms with Crippen LogP contribution in [0.4, 0.5) is 5.69 Å². The van der Waals surface area contributed by atoms with Gasteiger partial charge in [0, 0.05) is 42.9 Å². The molecule has 0 saturated carbocycles. The van der Waals surface area contributed by atoms with E-state index in [1.165, 1.54) is 65.7 Å². The van der Waals surface area contributed by atoms with Crippen LogP contribution in [0.5, 0.6) is 0 Å². The molecule has 0 aliphatic carbocycles. The van der Waals surface area contributed by atoms with Crippen LogP contribution < -0.4 is 5.73 Å². The van der Waals surface area contributed by atoms with Gasteiger partial charge in [0.15, 0.2) is 0 Å². The number of benzene rings is 5. The van der Waals surface area contributed by atoms with Gasteiger partial charge in [0.2, 0.25) is 0 Å². The topological polar surface area (TPSA) is 43.3 Å². The lowest BCUT2D eigenvalue weighted by Crippen LogP contribution is -2.10. The first-order valence-electron chi connectivity index (χ1n) is 16.0. The molecule has 8 rings (SSSR count). The zero-order valence-corrected chi connectivity index (χ0v) is 27.9. The quantitative estimate of drug-likeness (QED) is 0.194. The first kappa shape index (κ1) is 31.7. The van der Waals surface area contributed by atoms with Crippen LogP contribution in [0.15, 0.2) is 157 Å². The molecule has 0 saturated heterocycles. The zero-order chi connectivity index (χ0) is 32.6. The molecule has 0 radical (unpaired) electrons. The van der Waals surface area contributed by atoms with Crippen molar-refractivity contribution < 1.29 is 0 Å². The molecule has 0 fully saturated rings. The predicted molar refractivity (Wildman–Crippen MR) is 209 cm³/mol. The van der Waals surface area contributed by atoms with Crippen LogP contribution >= 0.6 is 11.3 Å². The highest BCUT2D eigenvalue weighted by Crippen LogP contribution is 2.43. The molecule has 0 atom stereocenters. The van der Waals surface area contributed by atoms with Gasteiger partial charge in [0.05, 0.1) is 16.7 Å². The van der Waals surface area contributed by atoms with Crippen LogP contribution in [0.25, 0.3) is 53.6 Å². The number of fused-ring (bicyclic) bond motifs is 8. The molecule has 1 aliphatic heterocycles. The predicted octanol–water partition coefficient (Wildman–Crippen LogP) is 12.0. The molecule has 2 aromatic heterocycles.